The number of pyridine rings is 1. The Hall–Kier alpha value is -2.99. The summed E-state index contributed by atoms with van der Waals surface area (Å²) in [4.78, 5) is 19.8. The van der Waals surface area contributed by atoms with E-state index in [1.807, 2.05) is 24.3 Å². The van der Waals surface area contributed by atoms with Gasteiger partial charge in [-0.05, 0) is 30.0 Å². The Kier molecular flexibility index (Phi) is 5.71. The van der Waals surface area contributed by atoms with Gasteiger partial charge in [-0.3, -0.25) is 9.69 Å². The number of carbonyl (C=O) groups is 1. The molecular weight excluding hydrogens is 362 g/mol. The number of nitrogens with one attached hydrogen (secondary N) is 1. The fraction of sp³-hybridized carbons (Fsp3) is 0.348. The molecule has 1 aliphatic rings. The van der Waals surface area contributed by atoms with Crippen molar-refractivity contribution in [2.75, 3.05) is 13.1 Å². The number of carbonyl (C=O) groups excluding carboxylic acids is 1. The quantitative estimate of drug-likeness (QED) is 0.702. The number of benzene rings is 1. The summed E-state index contributed by atoms with van der Waals surface area (Å²) in [7, 11) is 0. The molecule has 1 atom stereocenters. The highest BCUT2D eigenvalue weighted by atomic mass is 16.1. The highest BCUT2D eigenvalue weighted by Crippen LogP contribution is 2.23. The normalized spacial score (nSPS) is 17.0. The van der Waals surface area contributed by atoms with Crippen molar-refractivity contribution < 1.29 is 4.79 Å². The SMILES string of the molecule is CC(C)c1c(C(=O)NC2CCN(Cc3ccccc3)C2)cnn1-c1ccccn1. The van der Waals surface area contributed by atoms with Gasteiger partial charge in [0.15, 0.2) is 5.82 Å². The lowest BCUT2D eigenvalue weighted by Crippen LogP contribution is -2.37. The molecule has 1 amide bonds. The smallest absolute Gasteiger partial charge is 0.255 e. The van der Waals surface area contributed by atoms with Crippen LogP contribution in [0.15, 0.2) is 60.9 Å². The molecule has 1 saturated heterocycles. The molecule has 1 N–H and O–H groups in total. The molecule has 150 valence electrons. The largest absolute Gasteiger partial charge is 0.348 e. The minimum atomic E-state index is -0.0533. The van der Waals surface area contributed by atoms with Gasteiger partial charge in [-0.15, -0.1) is 0 Å². The van der Waals surface area contributed by atoms with Gasteiger partial charge in [0, 0.05) is 31.9 Å². The predicted octanol–water partition coefficient (Wildman–Crippen LogP) is 3.40. The highest BCUT2D eigenvalue weighted by molar-refractivity contribution is 5.95. The van der Waals surface area contributed by atoms with Crippen LogP contribution in [0.2, 0.25) is 0 Å². The van der Waals surface area contributed by atoms with Crippen LogP contribution in [0, 0.1) is 0 Å². The molecular formula is C23H27N5O. The first-order valence-corrected chi connectivity index (χ1v) is 10.2. The summed E-state index contributed by atoms with van der Waals surface area (Å²) >= 11 is 0. The maximum absolute atomic E-state index is 13.0. The van der Waals surface area contributed by atoms with Crippen LogP contribution in [0.3, 0.4) is 0 Å². The van der Waals surface area contributed by atoms with Crippen molar-refractivity contribution in [2.24, 2.45) is 0 Å². The molecule has 1 aromatic carbocycles. The minimum Gasteiger partial charge on any atom is -0.348 e. The zero-order valence-electron chi connectivity index (χ0n) is 17.0. The van der Waals surface area contributed by atoms with Crippen molar-refractivity contribution in [1.29, 1.82) is 0 Å². The van der Waals surface area contributed by atoms with E-state index in [2.05, 4.69) is 58.4 Å². The second-order valence-electron chi connectivity index (χ2n) is 7.88. The van der Waals surface area contributed by atoms with E-state index in [4.69, 9.17) is 0 Å². The predicted molar refractivity (Wildman–Crippen MR) is 113 cm³/mol. The maximum Gasteiger partial charge on any atom is 0.255 e. The van der Waals surface area contributed by atoms with E-state index in [0.29, 0.717) is 5.56 Å². The fourth-order valence-corrected chi connectivity index (χ4v) is 3.95. The number of hydrogen-bond donors (Lipinski definition) is 1. The summed E-state index contributed by atoms with van der Waals surface area (Å²) in [6.07, 6.45) is 4.36. The molecule has 2 aromatic heterocycles. The van der Waals surface area contributed by atoms with Crippen molar-refractivity contribution in [3.05, 3.63) is 77.7 Å². The van der Waals surface area contributed by atoms with Crippen molar-refractivity contribution >= 4 is 5.91 Å². The molecule has 0 saturated carbocycles. The van der Waals surface area contributed by atoms with Crippen LogP contribution in [0.25, 0.3) is 5.82 Å². The molecule has 0 radical (unpaired) electrons. The van der Waals surface area contributed by atoms with Crippen LogP contribution in [0.5, 0.6) is 0 Å². The first kappa shape index (κ1) is 19.3. The lowest BCUT2D eigenvalue weighted by molar-refractivity contribution is 0.0936. The second-order valence-corrected chi connectivity index (χ2v) is 7.88. The van der Waals surface area contributed by atoms with Gasteiger partial charge >= 0.3 is 0 Å². The van der Waals surface area contributed by atoms with Crippen LogP contribution < -0.4 is 5.32 Å². The average molecular weight is 390 g/mol. The Morgan fingerprint density at radius 3 is 2.69 bits per heavy atom. The summed E-state index contributed by atoms with van der Waals surface area (Å²) < 4.78 is 1.77. The third kappa shape index (κ3) is 4.38. The van der Waals surface area contributed by atoms with Crippen molar-refractivity contribution in [3.8, 4) is 5.82 Å². The molecule has 1 unspecified atom stereocenters. The number of likely N-dealkylation sites (tertiary alicyclic amines) is 1. The van der Waals surface area contributed by atoms with Crippen molar-refractivity contribution in [1.82, 2.24) is 25.0 Å². The van der Waals surface area contributed by atoms with Gasteiger partial charge in [0.2, 0.25) is 0 Å². The molecule has 4 rings (SSSR count). The van der Waals surface area contributed by atoms with E-state index >= 15 is 0 Å². The number of rotatable bonds is 6. The van der Waals surface area contributed by atoms with Crippen LogP contribution in [0.4, 0.5) is 0 Å². The van der Waals surface area contributed by atoms with E-state index < -0.39 is 0 Å². The van der Waals surface area contributed by atoms with E-state index in [0.717, 1.165) is 37.6 Å². The Bertz CT molecular complexity index is 952. The summed E-state index contributed by atoms with van der Waals surface area (Å²) in [6, 6.07) is 16.3. The number of nitrogens with zero attached hydrogens (tertiary/aromatic N) is 4. The van der Waals surface area contributed by atoms with Crippen LogP contribution in [-0.2, 0) is 6.54 Å². The molecule has 6 heteroatoms. The third-order valence-electron chi connectivity index (χ3n) is 5.32. The van der Waals surface area contributed by atoms with E-state index in [1.165, 1.54) is 5.56 Å². The Morgan fingerprint density at radius 2 is 1.97 bits per heavy atom. The van der Waals surface area contributed by atoms with E-state index in [1.54, 1.807) is 17.1 Å². The Labute approximate surface area is 171 Å². The minimum absolute atomic E-state index is 0.0533. The van der Waals surface area contributed by atoms with Gasteiger partial charge in [-0.25, -0.2) is 9.67 Å². The molecule has 0 aliphatic carbocycles. The summed E-state index contributed by atoms with van der Waals surface area (Å²) in [5.74, 6) is 0.825. The maximum atomic E-state index is 13.0. The lowest BCUT2D eigenvalue weighted by atomic mass is 10.0. The molecule has 0 bridgehead atoms. The van der Waals surface area contributed by atoms with Gasteiger partial charge in [-0.2, -0.15) is 5.10 Å². The molecule has 1 fully saturated rings. The standard InChI is InChI=1S/C23H27N5O/c1-17(2)22-20(14-25-28(22)21-10-6-7-12-24-21)23(29)26-19-11-13-27(16-19)15-18-8-4-3-5-9-18/h3-10,12,14,17,19H,11,13,15-16H2,1-2H3,(H,26,29). The third-order valence-corrected chi connectivity index (χ3v) is 5.32. The van der Waals surface area contributed by atoms with Gasteiger partial charge in [0.1, 0.15) is 0 Å². The zero-order valence-corrected chi connectivity index (χ0v) is 17.0. The van der Waals surface area contributed by atoms with Crippen molar-refractivity contribution in [3.63, 3.8) is 0 Å². The Balaban J connectivity index is 1.45. The van der Waals surface area contributed by atoms with E-state index in [-0.39, 0.29) is 17.9 Å². The topological polar surface area (TPSA) is 63.1 Å². The molecule has 3 heterocycles. The van der Waals surface area contributed by atoms with Crippen LogP contribution in [-0.4, -0.2) is 44.7 Å². The lowest BCUT2D eigenvalue weighted by Gasteiger charge is -2.17. The van der Waals surface area contributed by atoms with Gasteiger partial charge in [0.25, 0.3) is 5.91 Å². The molecule has 1 aliphatic heterocycles. The molecule has 0 spiro atoms. The monoisotopic (exact) mass is 389 g/mol. The molecule has 3 aromatic rings. The van der Waals surface area contributed by atoms with Gasteiger partial charge < -0.3 is 5.32 Å². The highest BCUT2D eigenvalue weighted by Gasteiger charge is 2.27. The molecule has 6 nitrogen and oxygen atoms in total. The van der Waals surface area contributed by atoms with Gasteiger partial charge in [0.05, 0.1) is 17.5 Å². The zero-order chi connectivity index (χ0) is 20.2. The summed E-state index contributed by atoms with van der Waals surface area (Å²) in [6.45, 7) is 6.92. The second kappa shape index (κ2) is 8.57. The summed E-state index contributed by atoms with van der Waals surface area (Å²) in [5.41, 5.74) is 2.82. The average Bonchev–Trinajstić information content (AvgIpc) is 3.36. The number of aromatic nitrogens is 3. The molecule has 29 heavy (non-hydrogen) atoms. The first-order valence-electron chi connectivity index (χ1n) is 10.2. The van der Waals surface area contributed by atoms with E-state index in [9.17, 15) is 4.79 Å². The fourth-order valence-electron chi connectivity index (χ4n) is 3.95. The Morgan fingerprint density at radius 1 is 1.17 bits per heavy atom. The van der Waals surface area contributed by atoms with Crippen LogP contribution in [0.1, 0.15) is 47.8 Å². The summed E-state index contributed by atoms with van der Waals surface area (Å²) in [5, 5.41) is 7.67. The van der Waals surface area contributed by atoms with Crippen molar-refractivity contribution in [2.45, 2.75) is 38.8 Å². The first-order chi connectivity index (χ1) is 14.1. The van der Waals surface area contributed by atoms with Crippen LogP contribution >= 0.6 is 0 Å². The number of amides is 1. The van der Waals surface area contributed by atoms with Gasteiger partial charge in [-0.1, -0.05) is 50.2 Å². The number of hydrogen-bond acceptors (Lipinski definition) is 4.